The Labute approximate surface area is 123 Å². The van der Waals surface area contributed by atoms with Gasteiger partial charge in [-0.15, -0.1) is 0 Å². The van der Waals surface area contributed by atoms with Crippen LogP contribution < -0.4 is 5.32 Å². The van der Waals surface area contributed by atoms with Crippen molar-refractivity contribution in [3.05, 3.63) is 23.7 Å². The molecule has 1 heterocycles. The van der Waals surface area contributed by atoms with Crippen LogP contribution in [0.25, 0.3) is 0 Å². The predicted molar refractivity (Wildman–Crippen MR) is 83.7 cm³/mol. The molecule has 1 saturated carbocycles. The van der Waals surface area contributed by atoms with Crippen LogP contribution in [0.2, 0.25) is 0 Å². The van der Waals surface area contributed by atoms with Gasteiger partial charge in [0.25, 0.3) is 0 Å². The van der Waals surface area contributed by atoms with E-state index in [4.69, 9.17) is 4.42 Å². The van der Waals surface area contributed by atoms with Crippen LogP contribution in [0.4, 0.5) is 0 Å². The van der Waals surface area contributed by atoms with Crippen LogP contribution in [0, 0.1) is 0 Å². The topological polar surface area (TPSA) is 28.4 Å². The van der Waals surface area contributed by atoms with Crippen LogP contribution in [0.15, 0.2) is 16.7 Å². The average molecular weight is 278 g/mol. The molecular formula is C17H30N2O. The van der Waals surface area contributed by atoms with E-state index in [1.54, 1.807) is 0 Å². The Morgan fingerprint density at radius 2 is 2.05 bits per heavy atom. The molecule has 114 valence electrons. The summed E-state index contributed by atoms with van der Waals surface area (Å²) in [6.07, 6.45) is 9.94. The minimum absolute atomic E-state index is 0.760. The number of rotatable bonds is 8. The number of hydrogen-bond donors (Lipinski definition) is 1. The zero-order chi connectivity index (χ0) is 14.2. The van der Waals surface area contributed by atoms with Crippen LogP contribution >= 0.6 is 0 Å². The molecule has 3 heteroatoms. The van der Waals surface area contributed by atoms with Crippen molar-refractivity contribution in [2.75, 3.05) is 13.1 Å². The lowest BCUT2D eigenvalue weighted by Crippen LogP contribution is -2.36. The highest BCUT2D eigenvalue weighted by molar-refractivity contribution is 5.17. The number of furan rings is 1. The zero-order valence-corrected chi connectivity index (χ0v) is 13.2. The summed E-state index contributed by atoms with van der Waals surface area (Å²) in [6, 6.07) is 2.88. The molecule has 3 nitrogen and oxygen atoms in total. The second-order valence-electron chi connectivity index (χ2n) is 5.90. The van der Waals surface area contributed by atoms with Gasteiger partial charge in [-0.2, -0.15) is 0 Å². The van der Waals surface area contributed by atoms with Gasteiger partial charge in [0, 0.05) is 18.2 Å². The van der Waals surface area contributed by atoms with E-state index in [-0.39, 0.29) is 0 Å². The lowest BCUT2D eigenvalue weighted by atomic mass is 9.94. The highest BCUT2D eigenvalue weighted by atomic mass is 16.3. The van der Waals surface area contributed by atoms with Gasteiger partial charge in [0.15, 0.2) is 0 Å². The Hall–Kier alpha value is -0.800. The van der Waals surface area contributed by atoms with E-state index < -0.39 is 0 Å². The van der Waals surface area contributed by atoms with Gasteiger partial charge in [0.05, 0.1) is 12.8 Å². The zero-order valence-electron chi connectivity index (χ0n) is 13.2. The molecule has 0 bridgehead atoms. The monoisotopic (exact) mass is 278 g/mol. The average Bonchev–Trinajstić information content (AvgIpc) is 2.93. The number of nitrogens with zero attached hydrogens (tertiary/aromatic N) is 1. The predicted octanol–water partition coefficient (Wildman–Crippen LogP) is 3.93. The van der Waals surface area contributed by atoms with E-state index in [2.05, 4.69) is 30.1 Å². The lowest BCUT2D eigenvalue weighted by molar-refractivity contribution is 0.145. The molecule has 0 spiro atoms. The van der Waals surface area contributed by atoms with Crippen LogP contribution in [0.3, 0.4) is 0 Å². The second-order valence-corrected chi connectivity index (χ2v) is 5.90. The van der Waals surface area contributed by atoms with Gasteiger partial charge in [-0.05, 0) is 38.4 Å². The van der Waals surface area contributed by atoms with Crippen molar-refractivity contribution >= 4 is 0 Å². The molecule has 0 aromatic carbocycles. The van der Waals surface area contributed by atoms with Crippen molar-refractivity contribution in [2.24, 2.45) is 0 Å². The molecule has 0 atom stereocenters. The Kier molecular flexibility index (Phi) is 6.61. The van der Waals surface area contributed by atoms with Crippen LogP contribution in [0.5, 0.6) is 0 Å². The Balaban J connectivity index is 1.91. The Bertz CT molecular complexity index is 369. The summed E-state index contributed by atoms with van der Waals surface area (Å²) in [6.45, 7) is 8.56. The summed E-state index contributed by atoms with van der Waals surface area (Å²) < 4.78 is 5.74. The molecule has 20 heavy (non-hydrogen) atoms. The van der Waals surface area contributed by atoms with Crippen LogP contribution in [0.1, 0.15) is 63.7 Å². The fraction of sp³-hybridized carbons (Fsp3) is 0.765. The smallest absolute Gasteiger partial charge is 0.122 e. The summed E-state index contributed by atoms with van der Waals surface area (Å²) in [7, 11) is 0. The summed E-state index contributed by atoms with van der Waals surface area (Å²) in [5.74, 6) is 1.15. The third-order valence-corrected chi connectivity index (χ3v) is 4.42. The molecule has 1 fully saturated rings. The van der Waals surface area contributed by atoms with Gasteiger partial charge in [0.2, 0.25) is 0 Å². The third kappa shape index (κ3) is 4.35. The first-order valence-electron chi connectivity index (χ1n) is 8.35. The molecule has 0 aliphatic heterocycles. The molecule has 1 aromatic heterocycles. The summed E-state index contributed by atoms with van der Waals surface area (Å²) in [4.78, 5) is 2.60. The summed E-state index contributed by atoms with van der Waals surface area (Å²) >= 11 is 0. The van der Waals surface area contributed by atoms with E-state index >= 15 is 0 Å². The fourth-order valence-electron chi connectivity index (χ4n) is 3.19. The second kappa shape index (κ2) is 8.48. The van der Waals surface area contributed by atoms with Crippen molar-refractivity contribution in [1.82, 2.24) is 10.2 Å². The van der Waals surface area contributed by atoms with Gasteiger partial charge in [0.1, 0.15) is 5.76 Å². The van der Waals surface area contributed by atoms with Crippen molar-refractivity contribution in [1.29, 1.82) is 0 Å². The lowest BCUT2D eigenvalue weighted by Gasteiger charge is -2.33. The molecule has 1 aliphatic rings. The van der Waals surface area contributed by atoms with Crippen LogP contribution in [-0.4, -0.2) is 24.0 Å². The Morgan fingerprint density at radius 1 is 1.25 bits per heavy atom. The van der Waals surface area contributed by atoms with E-state index in [0.717, 1.165) is 38.0 Å². The van der Waals surface area contributed by atoms with Crippen molar-refractivity contribution < 1.29 is 4.42 Å². The standard InChI is InChI=1S/C17H30N2O/c1-3-11-18-13-15-10-12-20-17(15)14-19(4-2)16-8-6-5-7-9-16/h10,12,16,18H,3-9,11,13-14H2,1-2H3. The first-order chi connectivity index (χ1) is 9.85. The molecular weight excluding hydrogens is 248 g/mol. The van der Waals surface area contributed by atoms with Gasteiger partial charge >= 0.3 is 0 Å². The van der Waals surface area contributed by atoms with Crippen LogP contribution in [-0.2, 0) is 13.1 Å². The maximum atomic E-state index is 5.74. The minimum atomic E-state index is 0.760. The minimum Gasteiger partial charge on any atom is -0.468 e. The van der Waals surface area contributed by atoms with E-state index in [1.165, 1.54) is 44.1 Å². The molecule has 1 aromatic rings. The van der Waals surface area contributed by atoms with Crippen molar-refractivity contribution in [3.63, 3.8) is 0 Å². The fourth-order valence-corrected chi connectivity index (χ4v) is 3.19. The van der Waals surface area contributed by atoms with Gasteiger partial charge in [-0.1, -0.05) is 33.1 Å². The molecule has 0 amide bonds. The quantitative estimate of drug-likeness (QED) is 0.730. The Morgan fingerprint density at radius 3 is 2.75 bits per heavy atom. The normalized spacial score (nSPS) is 16.9. The van der Waals surface area contributed by atoms with E-state index in [9.17, 15) is 0 Å². The van der Waals surface area contributed by atoms with Gasteiger partial charge < -0.3 is 9.73 Å². The first-order valence-corrected chi connectivity index (χ1v) is 8.35. The molecule has 2 rings (SSSR count). The summed E-state index contributed by atoms with van der Waals surface area (Å²) in [5, 5.41) is 3.47. The molecule has 1 aliphatic carbocycles. The van der Waals surface area contributed by atoms with Crippen molar-refractivity contribution in [2.45, 2.75) is 71.5 Å². The molecule has 0 unspecified atom stereocenters. The maximum Gasteiger partial charge on any atom is 0.122 e. The van der Waals surface area contributed by atoms with E-state index in [1.807, 2.05) is 6.26 Å². The highest BCUT2D eigenvalue weighted by Gasteiger charge is 2.21. The highest BCUT2D eigenvalue weighted by Crippen LogP contribution is 2.24. The summed E-state index contributed by atoms with van der Waals surface area (Å²) in [5.41, 5.74) is 1.33. The van der Waals surface area contributed by atoms with Gasteiger partial charge in [-0.25, -0.2) is 0 Å². The number of nitrogens with one attached hydrogen (secondary N) is 1. The molecule has 1 N–H and O–H groups in total. The third-order valence-electron chi connectivity index (χ3n) is 4.42. The largest absolute Gasteiger partial charge is 0.468 e. The van der Waals surface area contributed by atoms with Crippen molar-refractivity contribution in [3.8, 4) is 0 Å². The molecule has 0 radical (unpaired) electrons. The number of hydrogen-bond acceptors (Lipinski definition) is 3. The van der Waals surface area contributed by atoms with Gasteiger partial charge in [-0.3, -0.25) is 4.90 Å². The van der Waals surface area contributed by atoms with E-state index in [0.29, 0.717) is 0 Å². The maximum absolute atomic E-state index is 5.74. The molecule has 0 saturated heterocycles. The first kappa shape index (κ1) is 15.6. The SMILES string of the molecule is CCCNCc1ccoc1CN(CC)C1CCCCC1.